The van der Waals surface area contributed by atoms with E-state index in [4.69, 9.17) is 6.42 Å². The van der Waals surface area contributed by atoms with Crippen molar-refractivity contribution in [2.75, 3.05) is 13.1 Å². The Morgan fingerprint density at radius 2 is 2.58 bits per heavy atom. The van der Waals surface area contributed by atoms with Crippen LogP contribution in [0.25, 0.3) is 0 Å². The first-order valence-corrected chi connectivity index (χ1v) is 3.95. The Bertz CT molecular complexity index is 270. The fourth-order valence-electron chi connectivity index (χ4n) is 0.998. The van der Waals surface area contributed by atoms with E-state index in [-0.39, 0.29) is 0 Å². The Balaban J connectivity index is 2.25. The third-order valence-electron chi connectivity index (χ3n) is 1.67. The van der Waals surface area contributed by atoms with Crippen molar-refractivity contribution in [3.63, 3.8) is 0 Å². The standard InChI is InChI=1S/C9H13N3/c1-3-5-10-6-4-9-11-7-8-12(9)2/h1,7-8,10H,4-6H2,2H3. The summed E-state index contributed by atoms with van der Waals surface area (Å²) in [7, 11) is 1.99. The smallest absolute Gasteiger partial charge is 0.109 e. The van der Waals surface area contributed by atoms with Crippen molar-refractivity contribution in [1.82, 2.24) is 14.9 Å². The zero-order chi connectivity index (χ0) is 8.81. The van der Waals surface area contributed by atoms with Gasteiger partial charge in [-0.1, -0.05) is 5.92 Å². The lowest BCUT2D eigenvalue weighted by atomic mass is 10.4. The summed E-state index contributed by atoms with van der Waals surface area (Å²) in [6.45, 7) is 1.51. The van der Waals surface area contributed by atoms with Crippen LogP contribution in [0.5, 0.6) is 0 Å². The molecule has 0 amide bonds. The van der Waals surface area contributed by atoms with Crippen LogP contribution < -0.4 is 5.32 Å². The molecule has 0 aliphatic carbocycles. The fourth-order valence-corrected chi connectivity index (χ4v) is 0.998. The molecular formula is C9H13N3. The molecule has 1 heterocycles. The van der Waals surface area contributed by atoms with Gasteiger partial charge in [-0.05, 0) is 0 Å². The van der Waals surface area contributed by atoms with E-state index < -0.39 is 0 Å². The summed E-state index contributed by atoms with van der Waals surface area (Å²) in [6, 6.07) is 0. The first-order valence-electron chi connectivity index (χ1n) is 3.95. The molecule has 0 saturated carbocycles. The largest absolute Gasteiger partial charge is 0.338 e. The Hall–Kier alpha value is -1.27. The van der Waals surface area contributed by atoms with E-state index in [0.29, 0.717) is 6.54 Å². The molecule has 0 fully saturated rings. The van der Waals surface area contributed by atoms with Gasteiger partial charge in [0.1, 0.15) is 5.82 Å². The highest BCUT2D eigenvalue weighted by Gasteiger charge is 1.96. The molecule has 1 N–H and O–H groups in total. The highest BCUT2D eigenvalue weighted by molar-refractivity contribution is 4.92. The first-order chi connectivity index (χ1) is 5.84. The summed E-state index contributed by atoms with van der Waals surface area (Å²) in [5, 5.41) is 3.11. The summed E-state index contributed by atoms with van der Waals surface area (Å²) in [6.07, 6.45) is 9.75. The van der Waals surface area contributed by atoms with Gasteiger partial charge in [0, 0.05) is 32.4 Å². The molecule has 0 bridgehead atoms. The molecule has 64 valence electrons. The lowest BCUT2D eigenvalue weighted by molar-refractivity contribution is 0.698. The van der Waals surface area contributed by atoms with Crippen molar-refractivity contribution >= 4 is 0 Å². The number of aromatic nitrogens is 2. The molecule has 0 aromatic carbocycles. The minimum absolute atomic E-state index is 0.629. The van der Waals surface area contributed by atoms with Crippen LogP contribution >= 0.6 is 0 Å². The van der Waals surface area contributed by atoms with Crippen LogP contribution in [0.1, 0.15) is 5.82 Å². The maximum Gasteiger partial charge on any atom is 0.109 e. The lowest BCUT2D eigenvalue weighted by Crippen LogP contribution is -2.18. The molecule has 0 aliphatic rings. The van der Waals surface area contributed by atoms with E-state index in [2.05, 4.69) is 16.2 Å². The number of hydrogen-bond donors (Lipinski definition) is 1. The van der Waals surface area contributed by atoms with Gasteiger partial charge in [-0.2, -0.15) is 0 Å². The predicted octanol–water partition coefficient (Wildman–Crippen LogP) is 0.185. The average Bonchev–Trinajstić information content (AvgIpc) is 2.46. The normalized spacial score (nSPS) is 9.67. The molecule has 0 aliphatic heterocycles. The topological polar surface area (TPSA) is 29.9 Å². The molecule has 1 aromatic heterocycles. The van der Waals surface area contributed by atoms with Gasteiger partial charge in [-0.15, -0.1) is 6.42 Å². The van der Waals surface area contributed by atoms with Crippen LogP contribution in [0, 0.1) is 12.3 Å². The average molecular weight is 163 g/mol. The molecule has 1 aromatic rings. The molecule has 0 radical (unpaired) electrons. The summed E-state index contributed by atoms with van der Waals surface area (Å²) >= 11 is 0. The summed E-state index contributed by atoms with van der Waals surface area (Å²) in [5.74, 6) is 3.61. The molecule has 3 nitrogen and oxygen atoms in total. The molecule has 3 heteroatoms. The van der Waals surface area contributed by atoms with Crippen molar-refractivity contribution in [3.05, 3.63) is 18.2 Å². The number of aryl methyl sites for hydroxylation is 1. The number of nitrogens with one attached hydrogen (secondary N) is 1. The van der Waals surface area contributed by atoms with E-state index in [1.807, 2.05) is 17.8 Å². The molecule has 1 rings (SSSR count). The van der Waals surface area contributed by atoms with Crippen LogP contribution in [0.15, 0.2) is 12.4 Å². The number of rotatable bonds is 4. The second-order valence-corrected chi connectivity index (χ2v) is 2.59. The maximum absolute atomic E-state index is 5.08. The van der Waals surface area contributed by atoms with E-state index >= 15 is 0 Å². The third kappa shape index (κ3) is 2.40. The maximum atomic E-state index is 5.08. The number of imidazole rings is 1. The zero-order valence-electron chi connectivity index (χ0n) is 7.25. The minimum Gasteiger partial charge on any atom is -0.338 e. The third-order valence-corrected chi connectivity index (χ3v) is 1.67. The van der Waals surface area contributed by atoms with Crippen molar-refractivity contribution in [1.29, 1.82) is 0 Å². The first kappa shape index (κ1) is 8.82. The molecule has 12 heavy (non-hydrogen) atoms. The molecule has 0 atom stereocenters. The highest BCUT2D eigenvalue weighted by Crippen LogP contribution is 1.93. The van der Waals surface area contributed by atoms with Crippen LogP contribution in [-0.4, -0.2) is 22.6 Å². The van der Waals surface area contributed by atoms with Crippen molar-refractivity contribution in [2.24, 2.45) is 7.05 Å². The van der Waals surface area contributed by atoms with Gasteiger partial charge in [-0.3, -0.25) is 0 Å². The van der Waals surface area contributed by atoms with Crippen molar-refractivity contribution < 1.29 is 0 Å². The van der Waals surface area contributed by atoms with Crippen molar-refractivity contribution in [3.8, 4) is 12.3 Å². The van der Waals surface area contributed by atoms with Crippen LogP contribution in [0.2, 0.25) is 0 Å². The number of hydrogen-bond acceptors (Lipinski definition) is 2. The molecule has 0 saturated heterocycles. The summed E-state index contributed by atoms with van der Waals surface area (Å²) in [5.41, 5.74) is 0. The van der Waals surface area contributed by atoms with Gasteiger partial charge in [0.2, 0.25) is 0 Å². The number of terminal acetylenes is 1. The highest BCUT2D eigenvalue weighted by atomic mass is 15.0. The van der Waals surface area contributed by atoms with Gasteiger partial charge in [0.15, 0.2) is 0 Å². The minimum atomic E-state index is 0.629. The second kappa shape index (κ2) is 4.58. The molecule has 0 spiro atoms. The van der Waals surface area contributed by atoms with Gasteiger partial charge < -0.3 is 9.88 Å². The summed E-state index contributed by atoms with van der Waals surface area (Å²) < 4.78 is 2.01. The lowest BCUT2D eigenvalue weighted by Gasteiger charge is -2.00. The Kier molecular flexibility index (Phi) is 3.36. The van der Waals surface area contributed by atoms with Gasteiger partial charge in [0.25, 0.3) is 0 Å². The van der Waals surface area contributed by atoms with E-state index in [1.165, 1.54) is 0 Å². The quantitative estimate of drug-likeness (QED) is 0.507. The Morgan fingerprint density at radius 1 is 1.75 bits per heavy atom. The van der Waals surface area contributed by atoms with Crippen molar-refractivity contribution in [2.45, 2.75) is 6.42 Å². The SMILES string of the molecule is C#CCNCCc1nccn1C. The Morgan fingerprint density at radius 3 is 3.17 bits per heavy atom. The molecule has 0 unspecified atom stereocenters. The zero-order valence-corrected chi connectivity index (χ0v) is 7.25. The van der Waals surface area contributed by atoms with Gasteiger partial charge >= 0.3 is 0 Å². The van der Waals surface area contributed by atoms with Crippen LogP contribution in [-0.2, 0) is 13.5 Å². The van der Waals surface area contributed by atoms with E-state index in [0.717, 1.165) is 18.8 Å². The van der Waals surface area contributed by atoms with Crippen LogP contribution in [0.3, 0.4) is 0 Å². The Labute approximate surface area is 72.8 Å². The van der Waals surface area contributed by atoms with E-state index in [9.17, 15) is 0 Å². The van der Waals surface area contributed by atoms with Gasteiger partial charge in [0.05, 0.1) is 6.54 Å². The fraction of sp³-hybridized carbons (Fsp3) is 0.444. The van der Waals surface area contributed by atoms with Crippen LogP contribution in [0.4, 0.5) is 0 Å². The molecular weight excluding hydrogens is 150 g/mol. The monoisotopic (exact) mass is 163 g/mol. The van der Waals surface area contributed by atoms with Gasteiger partial charge in [-0.25, -0.2) is 4.98 Å². The predicted molar refractivity (Wildman–Crippen MR) is 48.6 cm³/mol. The second-order valence-electron chi connectivity index (χ2n) is 2.59. The summed E-state index contributed by atoms with van der Waals surface area (Å²) in [4.78, 5) is 4.18. The number of nitrogens with zero attached hydrogens (tertiary/aromatic N) is 2. The van der Waals surface area contributed by atoms with E-state index in [1.54, 1.807) is 6.20 Å².